The van der Waals surface area contributed by atoms with Gasteiger partial charge < -0.3 is 9.84 Å². The fourth-order valence-electron chi connectivity index (χ4n) is 3.31. The number of hydrogen-bond acceptors (Lipinski definition) is 3. The van der Waals surface area contributed by atoms with Crippen LogP contribution in [0.3, 0.4) is 0 Å². The zero-order valence-electron chi connectivity index (χ0n) is 13.1. The summed E-state index contributed by atoms with van der Waals surface area (Å²) >= 11 is 0. The van der Waals surface area contributed by atoms with Gasteiger partial charge in [-0.3, -0.25) is 4.79 Å². The highest BCUT2D eigenvalue weighted by molar-refractivity contribution is 5.90. The number of benzene rings is 1. The predicted octanol–water partition coefficient (Wildman–Crippen LogP) is 4.05. The molecular weight excluding hydrogens is 280 g/mol. The first-order valence-corrected chi connectivity index (χ1v) is 8.09. The first kappa shape index (κ1) is 16.5. The number of ether oxygens (including phenoxy) is 1. The average molecular weight is 304 g/mol. The summed E-state index contributed by atoms with van der Waals surface area (Å²) in [6.45, 7) is 2.09. The van der Waals surface area contributed by atoms with Crippen LogP contribution in [0.4, 0.5) is 0 Å². The first-order chi connectivity index (χ1) is 10.6. The van der Waals surface area contributed by atoms with Gasteiger partial charge in [0.15, 0.2) is 0 Å². The van der Waals surface area contributed by atoms with Gasteiger partial charge in [-0.15, -0.1) is 0 Å². The van der Waals surface area contributed by atoms with E-state index in [4.69, 9.17) is 4.74 Å². The van der Waals surface area contributed by atoms with Crippen molar-refractivity contribution < 1.29 is 19.4 Å². The van der Waals surface area contributed by atoms with Crippen molar-refractivity contribution in [1.82, 2.24) is 0 Å². The van der Waals surface area contributed by atoms with Crippen molar-refractivity contribution in [2.75, 3.05) is 0 Å². The standard InChI is InChI=1S/C18H24O4/c1-2-3-7-12-18(17(20)21)13-8-11-15(18)22-16(19)14-9-5-4-6-10-14/h4-6,9-10,15H,2-3,7-8,11-13H2,1H3,(H,20,21). The molecule has 0 amide bonds. The maximum absolute atomic E-state index is 12.2. The molecule has 4 nitrogen and oxygen atoms in total. The lowest BCUT2D eigenvalue weighted by atomic mass is 9.79. The maximum Gasteiger partial charge on any atom is 0.338 e. The summed E-state index contributed by atoms with van der Waals surface area (Å²) in [5, 5.41) is 9.73. The van der Waals surface area contributed by atoms with Crippen molar-refractivity contribution in [3.8, 4) is 0 Å². The van der Waals surface area contributed by atoms with Gasteiger partial charge in [-0.25, -0.2) is 4.79 Å². The Balaban J connectivity index is 2.10. The monoisotopic (exact) mass is 304 g/mol. The average Bonchev–Trinajstić information content (AvgIpc) is 2.92. The van der Waals surface area contributed by atoms with Crippen LogP contribution in [-0.4, -0.2) is 23.1 Å². The Hall–Kier alpha value is -1.84. The number of carboxylic acid groups (broad SMARTS) is 1. The van der Waals surface area contributed by atoms with Gasteiger partial charge in [-0.1, -0.05) is 44.4 Å². The van der Waals surface area contributed by atoms with Crippen LogP contribution in [0.1, 0.15) is 62.2 Å². The van der Waals surface area contributed by atoms with Crippen LogP contribution >= 0.6 is 0 Å². The highest BCUT2D eigenvalue weighted by Crippen LogP contribution is 2.45. The Kier molecular flexibility index (Phi) is 5.58. The zero-order valence-corrected chi connectivity index (χ0v) is 13.1. The van der Waals surface area contributed by atoms with Crippen LogP contribution in [0, 0.1) is 5.41 Å². The second-order valence-corrected chi connectivity index (χ2v) is 6.07. The molecule has 22 heavy (non-hydrogen) atoms. The van der Waals surface area contributed by atoms with E-state index < -0.39 is 23.5 Å². The van der Waals surface area contributed by atoms with E-state index in [2.05, 4.69) is 6.92 Å². The Labute approximate surface area is 131 Å². The van der Waals surface area contributed by atoms with Crippen molar-refractivity contribution >= 4 is 11.9 Å². The molecular formula is C18H24O4. The Morgan fingerprint density at radius 1 is 1.27 bits per heavy atom. The van der Waals surface area contributed by atoms with Crippen molar-refractivity contribution in [1.29, 1.82) is 0 Å². The minimum absolute atomic E-state index is 0.423. The number of esters is 1. The molecule has 1 fully saturated rings. The molecule has 1 N–H and O–H groups in total. The van der Waals surface area contributed by atoms with Crippen LogP contribution in [0.25, 0.3) is 0 Å². The second-order valence-electron chi connectivity index (χ2n) is 6.07. The van der Waals surface area contributed by atoms with Gasteiger partial charge >= 0.3 is 11.9 Å². The van der Waals surface area contributed by atoms with Gasteiger partial charge in [-0.05, 0) is 37.8 Å². The molecule has 0 aromatic heterocycles. The topological polar surface area (TPSA) is 63.6 Å². The van der Waals surface area contributed by atoms with E-state index in [1.165, 1.54) is 0 Å². The van der Waals surface area contributed by atoms with E-state index in [0.717, 1.165) is 25.7 Å². The van der Waals surface area contributed by atoms with E-state index in [0.29, 0.717) is 24.8 Å². The molecule has 2 rings (SSSR count). The zero-order chi connectivity index (χ0) is 16.0. The molecule has 4 heteroatoms. The van der Waals surface area contributed by atoms with Gasteiger partial charge in [0.05, 0.1) is 5.56 Å². The molecule has 0 spiro atoms. The smallest absolute Gasteiger partial charge is 0.338 e. The summed E-state index contributed by atoms with van der Waals surface area (Å²) < 4.78 is 5.59. The van der Waals surface area contributed by atoms with Crippen molar-refractivity contribution in [3.05, 3.63) is 35.9 Å². The third-order valence-electron chi connectivity index (χ3n) is 4.62. The molecule has 0 radical (unpaired) electrons. The summed E-state index contributed by atoms with van der Waals surface area (Å²) in [5.74, 6) is -1.25. The number of hydrogen-bond donors (Lipinski definition) is 1. The normalized spacial score (nSPS) is 24.1. The summed E-state index contributed by atoms with van der Waals surface area (Å²) in [6, 6.07) is 8.76. The second kappa shape index (κ2) is 7.43. The Morgan fingerprint density at radius 2 is 2.00 bits per heavy atom. The molecule has 1 aliphatic carbocycles. The highest BCUT2D eigenvalue weighted by atomic mass is 16.5. The van der Waals surface area contributed by atoms with E-state index in [1.54, 1.807) is 24.3 Å². The molecule has 0 saturated heterocycles. The van der Waals surface area contributed by atoms with Crippen molar-refractivity contribution in [2.24, 2.45) is 5.41 Å². The van der Waals surface area contributed by atoms with Gasteiger partial charge in [0, 0.05) is 0 Å². The third kappa shape index (κ3) is 3.49. The largest absolute Gasteiger partial charge is 0.481 e. The molecule has 1 aliphatic rings. The number of unbranched alkanes of at least 4 members (excludes halogenated alkanes) is 2. The quantitative estimate of drug-likeness (QED) is 0.610. The van der Waals surface area contributed by atoms with Crippen molar-refractivity contribution in [2.45, 2.75) is 58.0 Å². The summed E-state index contributed by atoms with van der Waals surface area (Å²) in [6.07, 6.45) is 5.01. The van der Waals surface area contributed by atoms with E-state index >= 15 is 0 Å². The maximum atomic E-state index is 12.2. The number of aliphatic carboxylic acids is 1. The summed E-state index contributed by atoms with van der Waals surface area (Å²) in [5.41, 5.74) is -0.429. The molecule has 1 saturated carbocycles. The van der Waals surface area contributed by atoms with Crippen LogP contribution in [-0.2, 0) is 9.53 Å². The van der Waals surface area contributed by atoms with Crippen LogP contribution in [0.5, 0.6) is 0 Å². The summed E-state index contributed by atoms with van der Waals surface area (Å²) in [4.78, 5) is 24.1. The van der Waals surface area contributed by atoms with E-state index in [1.807, 2.05) is 6.07 Å². The van der Waals surface area contributed by atoms with Gasteiger partial charge in [0.25, 0.3) is 0 Å². The molecule has 0 aliphatic heterocycles. The lowest BCUT2D eigenvalue weighted by Gasteiger charge is -2.31. The van der Waals surface area contributed by atoms with Crippen LogP contribution < -0.4 is 0 Å². The molecule has 120 valence electrons. The molecule has 1 aromatic rings. The number of carboxylic acids is 1. The number of carbonyl (C=O) groups excluding carboxylic acids is 1. The first-order valence-electron chi connectivity index (χ1n) is 8.09. The van der Waals surface area contributed by atoms with Crippen molar-refractivity contribution in [3.63, 3.8) is 0 Å². The minimum Gasteiger partial charge on any atom is -0.481 e. The molecule has 2 atom stereocenters. The molecule has 1 aromatic carbocycles. The fraction of sp³-hybridized carbons (Fsp3) is 0.556. The SMILES string of the molecule is CCCCCC1(C(=O)O)CCCC1OC(=O)c1ccccc1. The summed E-state index contributed by atoms with van der Waals surface area (Å²) in [7, 11) is 0. The minimum atomic E-state index is -0.903. The Morgan fingerprint density at radius 3 is 2.64 bits per heavy atom. The van der Waals surface area contributed by atoms with Gasteiger partial charge in [-0.2, -0.15) is 0 Å². The highest BCUT2D eigenvalue weighted by Gasteiger charge is 2.51. The molecule has 0 bridgehead atoms. The van der Waals surface area contributed by atoms with E-state index in [-0.39, 0.29) is 0 Å². The molecule has 0 heterocycles. The third-order valence-corrected chi connectivity index (χ3v) is 4.62. The van der Waals surface area contributed by atoms with Crippen LogP contribution in [0.15, 0.2) is 30.3 Å². The fourth-order valence-corrected chi connectivity index (χ4v) is 3.31. The predicted molar refractivity (Wildman–Crippen MR) is 83.7 cm³/mol. The molecule has 2 unspecified atom stereocenters. The lowest BCUT2D eigenvalue weighted by molar-refractivity contribution is -0.155. The Bertz CT molecular complexity index is 511. The van der Waals surface area contributed by atoms with E-state index in [9.17, 15) is 14.7 Å². The van der Waals surface area contributed by atoms with Gasteiger partial charge in [0.1, 0.15) is 11.5 Å². The number of rotatable bonds is 7. The lowest BCUT2D eigenvalue weighted by Crippen LogP contribution is -2.41. The van der Waals surface area contributed by atoms with Gasteiger partial charge in [0.2, 0.25) is 0 Å². The van der Waals surface area contributed by atoms with Crippen LogP contribution in [0.2, 0.25) is 0 Å². The number of carbonyl (C=O) groups is 2.